The molecule has 0 aromatic heterocycles. The van der Waals surface area contributed by atoms with Crippen molar-refractivity contribution in [3.63, 3.8) is 0 Å². The van der Waals surface area contributed by atoms with Gasteiger partial charge in [-0.3, -0.25) is 9.59 Å². The third-order valence-corrected chi connectivity index (χ3v) is 3.54. The van der Waals surface area contributed by atoms with E-state index in [1.165, 1.54) is 6.92 Å². The van der Waals surface area contributed by atoms with Gasteiger partial charge in [0, 0.05) is 6.92 Å². The molecule has 1 aliphatic rings. The van der Waals surface area contributed by atoms with Gasteiger partial charge in [-0.25, -0.2) is 4.79 Å². The number of ether oxygens (including phenoxy) is 3. The SMILES string of the molecule is CC(=O)OC1(CNC(=O)OCOC(=O)C(C)C)CCCCC1. The highest BCUT2D eigenvalue weighted by Crippen LogP contribution is 2.31. The van der Waals surface area contributed by atoms with Crippen molar-refractivity contribution < 1.29 is 28.6 Å². The standard InChI is InChI=1S/C15H25NO6/c1-11(2)13(18)20-10-21-14(19)16-9-15(22-12(3)17)7-5-4-6-8-15/h11H,4-10H2,1-3H3,(H,16,19). The fraction of sp³-hybridized carbons (Fsp3) is 0.800. The van der Waals surface area contributed by atoms with Crippen LogP contribution in [0.1, 0.15) is 52.9 Å². The van der Waals surface area contributed by atoms with Crippen molar-refractivity contribution in [2.24, 2.45) is 5.92 Å². The Labute approximate surface area is 130 Å². The highest BCUT2D eigenvalue weighted by Gasteiger charge is 2.35. The number of alkyl carbamates (subject to hydrolysis) is 1. The highest BCUT2D eigenvalue weighted by atomic mass is 16.7. The topological polar surface area (TPSA) is 90.9 Å². The third kappa shape index (κ3) is 6.32. The molecule has 7 heteroatoms. The van der Waals surface area contributed by atoms with Gasteiger partial charge in [0.15, 0.2) is 0 Å². The number of rotatable bonds is 6. The number of carbonyl (C=O) groups excluding carboxylic acids is 3. The molecule has 22 heavy (non-hydrogen) atoms. The van der Waals surface area contributed by atoms with E-state index in [2.05, 4.69) is 5.32 Å². The van der Waals surface area contributed by atoms with E-state index in [-0.39, 0.29) is 18.4 Å². The molecule has 1 saturated carbocycles. The molecule has 0 spiro atoms. The number of amides is 1. The maximum atomic E-state index is 11.6. The van der Waals surface area contributed by atoms with Gasteiger partial charge in [-0.15, -0.1) is 0 Å². The summed E-state index contributed by atoms with van der Waals surface area (Å²) in [4.78, 5) is 34.1. The van der Waals surface area contributed by atoms with Crippen LogP contribution < -0.4 is 5.32 Å². The van der Waals surface area contributed by atoms with Crippen LogP contribution in [-0.2, 0) is 23.8 Å². The van der Waals surface area contributed by atoms with Crippen molar-refractivity contribution in [3.8, 4) is 0 Å². The first-order chi connectivity index (χ1) is 10.3. The van der Waals surface area contributed by atoms with E-state index in [1.807, 2.05) is 0 Å². The Morgan fingerprint density at radius 1 is 1.09 bits per heavy atom. The molecule has 1 fully saturated rings. The Hall–Kier alpha value is -1.79. The summed E-state index contributed by atoms with van der Waals surface area (Å²) >= 11 is 0. The van der Waals surface area contributed by atoms with E-state index in [0.29, 0.717) is 0 Å². The zero-order valence-corrected chi connectivity index (χ0v) is 13.5. The zero-order chi connectivity index (χ0) is 16.6. The largest absolute Gasteiger partial charge is 0.457 e. The number of hydrogen-bond donors (Lipinski definition) is 1. The average molecular weight is 315 g/mol. The van der Waals surface area contributed by atoms with Crippen molar-refractivity contribution in [2.75, 3.05) is 13.3 Å². The van der Waals surface area contributed by atoms with Gasteiger partial charge in [-0.05, 0) is 25.7 Å². The first kappa shape index (κ1) is 18.3. The van der Waals surface area contributed by atoms with Gasteiger partial charge in [0.2, 0.25) is 6.79 Å². The van der Waals surface area contributed by atoms with Crippen LogP contribution >= 0.6 is 0 Å². The predicted molar refractivity (Wildman–Crippen MR) is 77.9 cm³/mol. The summed E-state index contributed by atoms with van der Waals surface area (Å²) in [6.45, 7) is 4.51. The van der Waals surface area contributed by atoms with Crippen molar-refractivity contribution >= 4 is 18.0 Å². The van der Waals surface area contributed by atoms with E-state index in [1.54, 1.807) is 13.8 Å². The molecule has 0 heterocycles. The average Bonchev–Trinajstić information content (AvgIpc) is 2.45. The molecule has 0 bridgehead atoms. The molecule has 0 saturated heterocycles. The van der Waals surface area contributed by atoms with E-state index in [4.69, 9.17) is 14.2 Å². The van der Waals surface area contributed by atoms with Gasteiger partial charge >= 0.3 is 18.0 Å². The minimum Gasteiger partial charge on any atom is -0.457 e. The minimum atomic E-state index is -0.700. The van der Waals surface area contributed by atoms with E-state index < -0.39 is 24.5 Å². The lowest BCUT2D eigenvalue weighted by atomic mass is 9.84. The molecule has 1 N–H and O–H groups in total. The smallest absolute Gasteiger partial charge is 0.410 e. The summed E-state index contributed by atoms with van der Waals surface area (Å²) in [6.07, 6.45) is 3.74. The fourth-order valence-corrected chi connectivity index (χ4v) is 2.41. The monoisotopic (exact) mass is 315 g/mol. The third-order valence-electron chi connectivity index (χ3n) is 3.54. The first-order valence-corrected chi connectivity index (χ1v) is 7.61. The molecule has 7 nitrogen and oxygen atoms in total. The van der Waals surface area contributed by atoms with Gasteiger partial charge in [0.1, 0.15) is 5.60 Å². The summed E-state index contributed by atoms with van der Waals surface area (Å²) < 4.78 is 14.9. The van der Waals surface area contributed by atoms with Crippen LogP contribution in [0.15, 0.2) is 0 Å². The second kappa shape index (κ2) is 8.60. The Kier molecular flexibility index (Phi) is 7.14. The van der Waals surface area contributed by atoms with E-state index in [0.717, 1.165) is 32.1 Å². The maximum Gasteiger partial charge on any atom is 0.410 e. The second-order valence-corrected chi connectivity index (χ2v) is 5.86. The lowest BCUT2D eigenvalue weighted by molar-refractivity contribution is -0.161. The summed E-state index contributed by atoms with van der Waals surface area (Å²) in [5.74, 6) is -1.07. The van der Waals surface area contributed by atoms with Crippen molar-refractivity contribution in [2.45, 2.75) is 58.5 Å². The molecule has 1 amide bonds. The zero-order valence-electron chi connectivity index (χ0n) is 13.5. The number of nitrogens with one attached hydrogen (secondary N) is 1. The molecule has 0 aromatic rings. The normalized spacial score (nSPS) is 16.7. The lowest BCUT2D eigenvalue weighted by Crippen LogP contribution is -2.47. The molecule has 126 valence electrons. The van der Waals surface area contributed by atoms with Crippen LogP contribution in [0.2, 0.25) is 0 Å². The number of hydrogen-bond acceptors (Lipinski definition) is 6. The predicted octanol–water partition coefficient (Wildman–Crippen LogP) is 2.14. The molecule has 0 aliphatic heterocycles. The Morgan fingerprint density at radius 2 is 1.73 bits per heavy atom. The lowest BCUT2D eigenvalue weighted by Gasteiger charge is -2.36. The van der Waals surface area contributed by atoms with Crippen molar-refractivity contribution in [3.05, 3.63) is 0 Å². The number of esters is 2. The van der Waals surface area contributed by atoms with Gasteiger partial charge in [-0.1, -0.05) is 20.3 Å². The molecular weight excluding hydrogens is 290 g/mol. The van der Waals surface area contributed by atoms with Gasteiger partial charge in [-0.2, -0.15) is 0 Å². The minimum absolute atomic E-state index is 0.198. The summed E-state index contributed by atoms with van der Waals surface area (Å²) in [5.41, 5.74) is -0.655. The fourth-order valence-electron chi connectivity index (χ4n) is 2.41. The molecule has 0 unspecified atom stereocenters. The Morgan fingerprint density at radius 3 is 2.27 bits per heavy atom. The highest BCUT2D eigenvalue weighted by molar-refractivity contribution is 5.72. The van der Waals surface area contributed by atoms with Crippen LogP contribution in [0.25, 0.3) is 0 Å². The number of carbonyl (C=O) groups is 3. The Bertz CT molecular complexity index is 401. The van der Waals surface area contributed by atoms with Crippen LogP contribution in [0, 0.1) is 5.92 Å². The van der Waals surface area contributed by atoms with Crippen LogP contribution in [0.5, 0.6) is 0 Å². The van der Waals surface area contributed by atoms with Gasteiger partial charge in [0.05, 0.1) is 12.5 Å². The Balaban J connectivity index is 2.36. The van der Waals surface area contributed by atoms with Gasteiger partial charge in [0.25, 0.3) is 0 Å². The maximum absolute atomic E-state index is 11.6. The first-order valence-electron chi connectivity index (χ1n) is 7.61. The van der Waals surface area contributed by atoms with Gasteiger partial charge < -0.3 is 19.5 Å². The molecule has 1 aliphatic carbocycles. The quantitative estimate of drug-likeness (QED) is 0.596. The molecule has 1 rings (SSSR count). The summed E-state index contributed by atoms with van der Waals surface area (Å²) in [6, 6.07) is 0. The second-order valence-electron chi connectivity index (χ2n) is 5.86. The molecular formula is C15H25NO6. The van der Waals surface area contributed by atoms with Crippen LogP contribution in [0.3, 0.4) is 0 Å². The van der Waals surface area contributed by atoms with E-state index in [9.17, 15) is 14.4 Å². The molecule has 0 aromatic carbocycles. The summed E-state index contributed by atoms with van der Waals surface area (Å²) in [7, 11) is 0. The summed E-state index contributed by atoms with van der Waals surface area (Å²) in [5, 5.41) is 2.57. The van der Waals surface area contributed by atoms with Crippen LogP contribution in [0.4, 0.5) is 4.79 Å². The van der Waals surface area contributed by atoms with Crippen molar-refractivity contribution in [1.82, 2.24) is 5.32 Å². The molecule has 0 radical (unpaired) electrons. The van der Waals surface area contributed by atoms with Crippen molar-refractivity contribution in [1.29, 1.82) is 0 Å². The van der Waals surface area contributed by atoms with E-state index >= 15 is 0 Å². The van der Waals surface area contributed by atoms with Crippen LogP contribution in [-0.4, -0.2) is 37.0 Å². The molecule has 0 atom stereocenters.